The molecule has 3 N–H and O–H groups in total. The molecule has 4 aliphatic rings. The maximum Gasteiger partial charge on any atom is 0.410 e. The predicted molar refractivity (Wildman–Crippen MR) is 273 cm³/mol. The molecule has 1 saturated heterocycles. The molecule has 6 atom stereocenters. The highest BCUT2D eigenvalue weighted by molar-refractivity contribution is 6.03. The highest BCUT2D eigenvalue weighted by Gasteiger charge is 2.65. The van der Waals surface area contributed by atoms with Crippen LogP contribution in [0.5, 0.6) is 11.5 Å². The number of rotatable bonds is 36. The summed E-state index contributed by atoms with van der Waals surface area (Å²) in [6, 6.07) is 11.3. The van der Waals surface area contributed by atoms with Crippen LogP contribution >= 0.6 is 0 Å². The lowest BCUT2D eigenvalue weighted by molar-refractivity contribution is -0.384. The van der Waals surface area contributed by atoms with Crippen LogP contribution in [0, 0.1) is 27.9 Å². The van der Waals surface area contributed by atoms with E-state index >= 15 is 0 Å². The number of allylic oxidation sites excluding steroid dienone is 1. The van der Waals surface area contributed by atoms with E-state index in [4.69, 9.17) is 33.7 Å². The molecule has 6 unspecified atom stereocenters. The molecule has 1 amide bonds. The Morgan fingerprint density at radius 3 is 2.30 bits per heavy atom. The Kier molecular flexibility index (Phi) is 23.4. The van der Waals surface area contributed by atoms with Gasteiger partial charge in [0.2, 0.25) is 5.79 Å². The van der Waals surface area contributed by atoms with E-state index in [1.165, 1.54) is 50.7 Å². The first-order chi connectivity index (χ1) is 34.8. The standard InChI is InChI=1S/C55H82N4O12/c1-3-5-6-7-8-9-10-11-12-17-34-68-54(63)58(29-35-66-37-32-62)51-40-49(56-70-41-42-20-22-44(23-21-42)59(64)65)47-38-43(18-13-15-30-60)46(19-14-16-31-61)52-48-39-45(67-36-28-57-26-27-57)24-25-50(48)71-55(51,53(47)52)69-33-4-2/h4,20-25,38-39,43,46,51-53,60-62H,2-3,5-19,26-37,40-41H2,1H3. The first kappa shape index (κ1) is 55.7. The molecule has 16 heteroatoms. The Morgan fingerprint density at radius 1 is 0.901 bits per heavy atom. The molecule has 2 aliphatic carbocycles. The van der Waals surface area contributed by atoms with E-state index < -0.39 is 28.8 Å². The van der Waals surface area contributed by atoms with Gasteiger partial charge in [-0.1, -0.05) is 94.9 Å². The Hall–Kier alpha value is -4.58. The minimum Gasteiger partial charge on any atom is -0.492 e. The third-order valence-electron chi connectivity index (χ3n) is 14.5. The number of aliphatic hydroxyl groups excluding tert-OH is 3. The smallest absolute Gasteiger partial charge is 0.410 e. The summed E-state index contributed by atoms with van der Waals surface area (Å²) in [5.74, 6) is -0.927. The number of aliphatic hydroxyl groups is 3. The summed E-state index contributed by atoms with van der Waals surface area (Å²) in [6.45, 7) is 10.4. The number of fused-ring (bicyclic) bond motifs is 2. The fraction of sp³-hybridized carbons (Fsp3) is 0.673. The van der Waals surface area contributed by atoms with Crippen LogP contribution < -0.4 is 9.47 Å². The van der Waals surface area contributed by atoms with Gasteiger partial charge in [0.1, 0.15) is 30.8 Å². The van der Waals surface area contributed by atoms with E-state index in [0.717, 1.165) is 87.9 Å². The highest BCUT2D eigenvalue weighted by atomic mass is 16.7. The second-order valence-electron chi connectivity index (χ2n) is 19.5. The first-order valence-corrected chi connectivity index (χ1v) is 26.7. The van der Waals surface area contributed by atoms with Gasteiger partial charge in [-0.05, 0) is 85.4 Å². The average molecular weight is 991 g/mol. The maximum atomic E-state index is 14.8. The van der Waals surface area contributed by atoms with Gasteiger partial charge in [-0.25, -0.2) is 4.79 Å². The highest BCUT2D eigenvalue weighted by Crippen LogP contribution is 2.62. The van der Waals surface area contributed by atoms with E-state index in [-0.39, 0.29) is 89.3 Å². The molecule has 0 bridgehead atoms. The van der Waals surface area contributed by atoms with E-state index in [1.54, 1.807) is 23.1 Å². The Morgan fingerprint density at radius 2 is 1.62 bits per heavy atom. The van der Waals surface area contributed by atoms with Gasteiger partial charge in [0.05, 0.1) is 49.6 Å². The van der Waals surface area contributed by atoms with Crippen LogP contribution in [0.25, 0.3) is 0 Å². The summed E-state index contributed by atoms with van der Waals surface area (Å²) >= 11 is 0. The zero-order valence-electron chi connectivity index (χ0n) is 42.3. The van der Waals surface area contributed by atoms with E-state index in [1.807, 2.05) is 12.1 Å². The minimum absolute atomic E-state index is 0.0156. The van der Waals surface area contributed by atoms with Crippen molar-refractivity contribution in [2.45, 2.75) is 140 Å². The summed E-state index contributed by atoms with van der Waals surface area (Å²) in [5, 5.41) is 46.0. The molecule has 6 rings (SSSR count). The minimum atomic E-state index is -1.50. The van der Waals surface area contributed by atoms with E-state index in [2.05, 4.69) is 30.5 Å². The molecule has 1 saturated carbocycles. The van der Waals surface area contributed by atoms with Gasteiger partial charge in [-0.3, -0.25) is 19.9 Å². The van der Waals surface area contributed by atoms with Crippen molar-refractivity contribution in [3.63, 3.8) is 0 Å². The molecular formula is C55H82N4O12. The SMILES string of the molecule is C=CCOC12Oc3ccc(OCCN4CC4)cc3C3C(CCCCO)C(CCCCO)C=C(C(=NOCc4ccc([N+](=O)[O-])cc4)CC1N(CCOCCO)C(=O)OCCCCCCCCCCCC)C32. The van der Waals surface area contributed by atoms with Crippen LogP contribution in [-0.2, 0) is 25.7 Å². The zero-order valence-corrected chi connectivity index (χ0v) is 42.3. The number of nitro benzene ring substituents is 1. The number of ether oxygens (including phenoxy) is 5. The fourth-order valence-electron chi connectivity index (χ4n) is 10.8. The molecule has 2 fully saturated rings. The van der Waals surface area contributed by atoms with Gasteiger partial charge in [0, 0.05) is 69.4 Å². The Balaban J connectivity index is 1.42. The second-order valence-corrected chi connectivity index (χ2v) is 19.5. The van der Waals surface area contributed by atoms with Gasteiger partial charge in [0.25, 0.3) is 5.69 Å². The molecule has 2 heterocycles. The molecule has 16 nitrogen and oxygen atoms in total. The fourth-order valence-corrected chi connectivity index (χ4v) is 10.8. The number of oxime groups is 1. The number of unbranched alkanes of at least 4 members (excludes halogenated alkanes) is 11. The quantitative estimate of drug-likeness (QED) is 0.0192. The van der Waals surface area contributed by atoms with E-state index in [0.29, 0.717) is 36.5 Å². The van der Waals surface area contributed by atoms with Gasteiger partial charge in [-0.2, -0.15) is 0 Å². The van der Waals surface area contributed by atoms with E-state index in [9.17, 15) is 30.2 Å². The Labute approximate surface area is 421 Å². The molecule has 2 aromatic carbocycles. The molecule has 71 heavy (non-hydrogen) atoms. The van der Waals surface area contributed by atoms with Crippen molar-refractivity contribution in [2.75, 3.05) is 79.0 Å². The lowest BCUT2D eigenvalue weighted by Gasteiger charge is -2.59. The molecule has 394 valence electrons. The summed E-state index contributed by atoms with van der Waals surface area (Å²) < 4.78 is 32.9. The van der Waals surface area contributed by atoms with Crippen LogP contribution in [0.3, 0.4) is 0 Å². The van der Waals surface area contributed by atoms with Crippen LogP contribution in [-0.4, -0.2) is 133 Å². The van der Waals surface area contributed by atoms with Crippen molar-refractivity contribution in [3.05, 3.63) is 88.0 Å². The normalized spacial score (nSPS) is 22.7. The largest absolute Gasteiger partial charge is 0.492 e. The van der Waals surface area contributed by atoms with Crippen molar-refractivity contribution < 1.29 is 53.6 Å². The van der Waals surface area contributed by atoms with Crippen LogP contribution in [0.1, 0.15) is 133 Å². The van der Waals surface area contributed by atoms with Crippen molar-refractivity contribution in [2.24, 2.45) is 22.9 Å². The number of amides is 1. The number of carbonyl (C=O) groups excluding carboxylic acids is 1. The topological polar surface area (TPSA) is 195 Å². The van der Waals surface area contributed by atoms with Gasteiger partial charge >= 0.3 is 6.09 Å². The molecule has 2 aromatic rings. The molecular weight excluding hydrogens is 909 g/mol. The summed E-state index contributed by atoms with van der Waals surface area (Å²) in [4.78, 5) is 36.0. The van der Waals surface area contributed by atoms with Crippen molar-refractivity contribution in [3.8, 4) is 11.5 Å². The van der Waals surface area contributed by atoms with Crippen LogP contribution in [0.4, 0.5) is 10.5 Å². The van der Waals surface area contributed by atoms with Crippen LogP contribution in [0.2, 0.25) is 0 Å². The number of hydrogen-bond acceptors (Lipinski definition) is 14. The number of hydrogen-bond donors (Lipinski definition) is 3. The third-order valence-corrected chi connectivity index (χ3v) is 14.5. The number of non-ortho nitro benzene ring substituents is 1. The molecule has 0 spiro atoms. The molecule has 0 aromatic heterocycles. The number of carbonyl (C=O) groups is 1. The number of nitro groups is 1. The van der Waals surface area contributed by atoms with Gasteiger partial charge in [0.15, 0.2) is 0 Å². The average Bonchev–Trinajstić information content (AvgIpc) is 4.21. The third kappa shape index (κ3) is 16.0. The summed E-state index contributed by atoms with van der Waals surface area (Å²) in [5.41, 5.74) is 3.10. The van der Waals surface area contributed by atoms with Gasteiger partial charge < -0.3 is 43.8 Å². The Bertz CT molecular complexity index is 2000. The molecule has 0 radical (unpaired) electrons. The van der Waals surface area contributed by atoms with Crippen LogP contribution in [0.15, 0.2) is 71.9 Å². The summed E-state index contributed by atoms with van der Waals surface area (Å²) in [6.07, 6.45) is 19.4. The first-order valence-electron chi connectivity index (χ1n) is 26.7. The number of nitrogens with zero attached hydrogens (tertiary/aromatic N) is 4. The van der Waals surface area contributed by atoms with Crippen molar-refractivity contribution in [1.29, 1.82) is 0 Å². The number of benzene rings is 2. The predicted octanol–water partition coefficient (Wildman–Crippen LogP) is 9.49. The summed E-state index contributed by atoms with van der Waals surface area (Å²) in [7, 11) is 0. The second kappa shape index (κ2) is 29.8. The lowest BCUT2D eigenvalue weighted by atomic mass is 9.55. The lowest BCUT2D eigenvalue weighted by Crippen LogP contribution is -2.70. The molecule has 2 aliphatic heterocycles. The maximum absolute atomic E-state index is 14.8. The van der Waals surface area contributed by atoms with Crippen molar-refractivity contribution >= 4 is 17.5 Å². The monoisotopic (exact) mass is 991 g/mol. The van der Waals surface area contributed by atoms with Gasteiger partial charge in [-0.15, -0.1) is 6.58 Å². The van der Waals surface area contributed by atoms with Crippen molar-refractivity contribution in [1.82, 2.24) is 9.80 Å². The zero-order chi connectivity index (χ0) is 50.3.